The summed E-state index contributed by atoms with van der Waals surface area (Å²) in [6.45, 7) is 1.97. The molecular weight excluding hydrogens is 298 g/mol. The summed E-state index contributed by atoms with van der Waals surface area (Å²) in [6, 6.07) is 18.1. The Morgan fingerprint density at radius 2 is 1.79 bits per heavy atom. The fraction of sp³-hybridized carbons (Fsp3) is 0.105. The summed E-state index contributed by atoms with van der Waals surface area (Å²) in [4.78, 5) is 13.0. The summed E-state index contributed by atoms with van der Waals surface area (Å²) >= 11 is 0. The molecule has 0 amide bonds. The fourth-order valence-electron chi connectivity index (χ4n) is 2.72. The lowest BCUT2D eigenvalue weighted by atomic mass is 10.0. The predicted molar refractivity (Wildman–Crippen MR) is 96.4 cm³/mol. The predicted octanol–water partition coefficient (Wildman–Crippen LogP) is 3.41. The molecular formula is C19H17N5. The van der Waals surface area contributed by atoms with Gasteiger partial charge in [0.15, 0.2) is 0 Å². The van der Waals surface area contributed by atoms with Crippen LogP contribution in [0.2, 0.25) is 0 Å². The van der Waals surface area contributed by atoms with Gasteiger partial charge in [0.1, 0.15) is 0 Å². The highest BCUT2D eigenvalue weighted by molar-refractivity contribution is 5.97. The van der Waals surface area contributed by atoms with Gasteiger partial charge in [-0.15, -0.1) is 0 Å². The number of fused-ring (bicyclic) bond motifs is 1. The van der Waals surface area contributed by atoms with Crippen LogP contribution in [0.15, 0.2) is 59.6 Å². The SMILES string of the molecule is Cc1nc(/N=C(/N)Nc2ccccc2-c2ccccc2)nc2c1C2. The molecule has 1 aromatic heterocycles. The number of rotatable bonds is 3. The first-order valence-corrected chi connectivity index (χ1v) is 7.83. The third-order valence-electron chi connectivity index (χ3n) is 4.00. The van der Waals surface area contributed by atoms with Crippen LogP contribution in [-0.2, 0) is 6.42 Å². The van der Waals surface area contributed by atoms with Gasteiger partial charge in [-0.25, -0.2) is 9.97 Å². The number of aryl methyl sites for hydroxylation is 1. The quantitative estimate of drug-likeness (QED) is 0.449. The number of nitrogens with zero attached hydrogens (tertiary/aromatic N) is 3. The first-order valence-electron chi connectivity index (χ1n) is 7.83. The molecule has 5 heteroatoms. The largest absolute Gasteiger partial charge is 0.369 e. The summed E-state index contributed by atoms with van der Waals surface area (Å²) in [5.41, 5.74) is 12.4. The van der Waals surface area contributed by atoms with E-state index >= 15 is 0 Å². The van der Waals surface area contributed by atoms with Crippen LogP contribution in [0.5, 0.6) is 0 Å². The van der Waals surface area contributed by atoms with E-state index in [1.807, 2.05) is 49.4 Å². The average Bonchev–Trinajstić information content (AvgIpc) is 3.36. The lowest BCUT2D eigenvalue weighted by Gasteiger charge is -2.11. The topological polar surface area (TPSA) is 76.2 Å². The molecule has 0 bridgehead atoms. The molecule has 1 aliphatic rings. The number of nitrogens with two attached hydrogens (primary N) is 1. The highest BCUT2D eigenvalue weighted by Gasteiger charge is 2.23. The third-order valence-corrected chi connectivity index (χ3v) is 4.00. The molecule has 3 aromatic rings. The van der Waals surface area contributed by atoms with Crippen LogP contribution < -0.4 is 11.1 Å². The number of aliphatic imine (C=N–C) groups is 1. The van der Waals surface area contributed by atoms with E-state index in [9.17, 15) is 0 Å². The van der Waals surface area contributed by atoms with Gasteiger partial charge >= 0.3 is 0 Å². The Morgan fingerprint density at radius 1 is 1.04 bits per heavy atom. The monoisotopic (exact) mass is 315 g/mol. The van der Waals surface area contributed by atoms with Crippen molar-refractivity contribution in [2.45, 2.75) is 13.3 Å². The molecule has 0 radical (unpaired) electrons. The van der Waals surface area contributed by atoms with Gasteiger partial charge in [-0.2, -0.15) is 4.99 Å². The van der Waals surface area contributed by atoms with Crippen molar-refractivity contribution in [3.63, 3.8) is 0 Å². The van der Waals surface area contributed by atoms with Crippen molar-refractivity contribution >= 4 is 17.6 Å². The lowest BCUT2D eigenvalue weighted by Crippen LogP contribution is -2.22. The van der Waals surface area contributed by atoms with Crippen LogP contribution in [0, 0.1) is 6.92 Å². The van der Waals surface area contributed by atoms with Crippen molar-refractivity contribution in [3.8, 4) is 11.1 Å². The second-order valence-corrected chi connectivity index (χ2v) is 5.74. The van der Waals surface area contributed by atoms with Gasteiger partial charge in [0.2, 0.25) is 5.96 Å². The Balaban J connectivity index is 1.62. The van der Waals surface area contributed by atoms with Crippen molar-refractivity contribution in [2.75, 3.05) is 5.32 Å². The summed E-state index contributed by atoms with van der Waals surface area (Å²) < 4.78 is 0. The zero-order chi connectivity index (χ0) is 16.5. The molecule has 0 spiro atoms. The van der Waals surface area contributed by atoms with Crippen molar-refractivity contribution in [1.82, 2.24) is 9.97 Å². The number of hydrogen-bond donors (Lipinski definition) is 2. The molecule has 1 heterocycles. The minimum Gasteiger partial charge on any atom is -0.369 e. The smallest absolute Gasteiger partial charge is 0.253 e. The normalized spacial score (nSPS) is 12.6. The Bertz CT molecular complexity index is 932. The van der Waals surface area contributed by atoms with E-state index in [-0.39, 0.29) is 5.96 Å². The minimum absolute atomic E-state index is 0.276. The van der Waals surface area contributed by atoms with Crippen molar-refractivity contribution in [2.24, 2.45) is 10.7 Å². The van der Waals surface area contributed by atoms with Crippen LogP contribution in [0.4, 0.5) is 11.6 Å². The first-order chi connectivity index (χ1) is 11.7. The van der Waals surface area contributed by atoms with Crippen LogP contribution in [0.25, 0.3) is 11.1 Å². The molecule has 0 aliphatic heterocycles. The van der Waals surface area contributed by atoms with Gasteiger partial charge in [0.25, 0.3) is 5.95 Å². The maximum atomic E-state index is 6.06. The van der Waals surface area contributed by atoms with E-state index in [1.54, 1.807) is 0 Å². The highest BCUT2D eigenvalue weighted by Crippen LogP contribution is 2.30. The van der Waals surface area contributed by atoms with Crippen LogP contribution in [-0.4, -0.2) is 15.9 Å². The van der Waals surface area contributed by atoms with Gasteiger partial charge in [-0.1, -0.05) is 48.5 Å². The van der Waals surface area contributed by atoms with Gasteiger partial charge < -0.3 is 11.1 Å². The number of aromatic nitrogens is 2. The Hall–Kier alpha value is -3.21. The van der Waals surface area contributed by atoms with Crippen molar-refractivity contribution < 1.29 is 0 Å². The van der Waals surface area contributed by atoms with E-state index in [1.165, 1.54) is 5.56 Å². The Labute approximate surface area is 140 Å². The maximum absolute atomic E-state index is 6.06. The van der Waals surface area contributed by atoms with Crippen LogP contribution >= 0.6 is 0 Å². The molecule has 5 nitrogen and oxygen atoms in total. The molecule has 2 aromatic carbocycles. The van der Waals surface area contributed by atoms with Gasteiger partial charge in [0, 0.05) is 28.9 Å². The molecule has 0 fully saturated rings. The second kappa shape index (κ2) is 5.77. The van der Waals surface area contributed by atoms with E-state index < -0.39 is 0 Å². The number of anilines is 1. The fourth-order valence-corrected chi connectivity index (χ4v) is 2.72. The third kappa shape index (κ3) is 2.84. The summed E-state index contributed by atoms with van der Waals surface area (Å²) in [7, 11) is 0. The van der Waals surface area contributed by atoms with Crippen molar-refractivity contribution in [1.29, 1.82) is 0 Å². The molecule has 4 rings (SSSR count). The van der Waals surface area contributed by atoms with Crippen LogP contribution in [0.1, 0.15) is 17.0 Å². The van der Waals surface area contributed by atoms with E-state index in [0.717, 1.165) is 34.6 Å². The van der Waals surface area contributed by atoms with Gasteiger partial charge in [-0.05, 0) is 18.6 Å². The zero-order valence-electron chi connectivity index (χ0n) is 13.3. The average molecular weight is 315 g/mol. The highest BCUT2D eigenvalue weighted by atomic mass is 15.2. The summed E-state index contributed by atoms with van der Waals surface area (Å²) in [5.74, 6) is 0.685. The molecule has 0 saturated carbocycles. The molecule has 0 unspecified atom stereocenters. The van der Waals surface area contributed by atoms with E-state index in [4.69, 9.17) is 5.73 Å². The Kier molecular flexibility index (Phi) is 3.46. The molecule has 118 valence electrons. The number of para-hydroxylation sites is 1. The van der Waals surface area contributed by atoms with Gasteiger partial charge in [-0.3, -0.25) is 0 Å². The van der Waals surface area contributed by atoms with E-state index in [0.29, 0.717) is 5.95 Å². The molecule has 24 heavy (non-hydrogen) atoms. The standard InChI is InChI=1S/C19H17N5/c1-12-15-11-17(15)23-19(21-12)24-18(20)22-16-10-6-5-9-14(16)13-7-3-2-4-8-13/h2-10H,11H2,1H3,(H3,20,21,22,23,24). The van der Waals surface area contributed by atoms with E-state index in [2.05, 4.69) is 32.4 Å². The molecule has 0 atom stereocenters. The minimum atomic E-state index is 0.276. The zero-order valence-corrected chi connectivity index (χ0v) is 13.3. The summed E-state index contributed by atoms with van der Waals surface area (Å²) in [6.07, 6.45) is 0.915. The number of guanidine groups is 1. The maximum Gasteiger partial charge on any atom is 0.253 e. The number of nitrogens with one attached hydrogen (secondary N) is 1. The first kappa shape index (κ1) is 14.4. The molecule has 3 N–H and O–H groups in total. The Morgan fingerprint density at radius 3 is 2.58 bits per heavy atom. The lowest BCUT2D eigenvalue weighted by molar-refractivity contribution is 1.09. The number of hydrogen-bond acceptors (Lipinski definition) is 3. The van der Waals surface area contributed by atoms with Gasteiger partial charge in [0.05, 0.1) is 5.69 Å². The summed E-state index contributed by atoms with van der Waals surface area (Å²) in [5, 5.41) is 3.16. The second-order valence-electron chi connectivity index (χ2n) is 5.74. The van der Waals surface area contributed by atoms with Crippen LogP contribution in [0.3, 0.4) is 0 Å². The number of benzene rings is 2. The molecule has 1 aliphatic carbocycles. The van der Waals surface area contributed by atoms with Crippen molar-refractivity contribution in [3.05, 3.63) is 71.5 Å². The molecule has 0 saturated heterocycles.